The second-order valence-electron chi connectivity index (χ2n) is 8.30. The topological polar surface area (TPSA) is 26.8 Å². The third kappa shape index (κ3) is 2.06. The minimum atomic E-state index is -0.352. The lowest BCUT2D eigenvalue weighted by Crippen LogP contribution is -2.73. The quantitative estimate of drug-likeness (QED) is 0.686. The molecule has 4 atom stereocenters. The van der Waals surface area contributed by atoms with Gasteiger partial charge in [0.25, 0.3) is 0 Å². The maximum absolute atomic E-state index is 13.0. The van der Waals surface area contributed by atoms with Gasteiger partial charge in [-0.1, -0.05) is 13.8 Å². The van der Waals surface area contributed by atoms with E-state index in [9.17, 15) is 4.79 Å². The molecule has 1 spiro atoms. The Labute approximate surface area is 130 Å². The van der Waals surface area contributed by atoms with Crippen molar-refractivity contribution in [1.82, 2.24) is 14.7 Å². The van der Waals surface area contributed by atoms with Crippen molar-refractivity contribution in [3.05, 3.63) is 0 Å². The van der Waals surface area contributed by atoms with E-state index in [0.717, 1.165) is 6.67 Å². The Bertz CT molecular complexity index is 412. The Kier molecular flexibility index (Phi) is 3.95. The van der Waals surface area contributed by atoms with Gasteiger partial charge in [-0.05, 0) is 53.5 Å². The molecule has 0 aromatic carbocycles. The second kappa shape index (κ2) is 4.95. The predicted molar refractivity (Wildman–Crippen MR) is 87.0 cm³/mol. The first-order chi connectivity index (χ1) is 9.47. The van der Waals surface area contributed by atoms with Gasteiger partial charge in [0.2, 0.25) is 5.91 Å². The molecular formula is C17H33N3O. The summed E-state index contributed by atoms with van der Waals surface area (Å²) < 4.78 is 0. The van der Waals surface area contributed by atoms with E-state index in [1.807, 2.05) is 11.9 Å². The van der Waals surface area contributed by atoms with Crippen LogP contribution in [0.1, 0.15) is 48.5 Å². The van der Waals surface area contributed by atoms with Gasteiger partial charge in [0, 0.05) is 24.7 Å². The lowest BCUT2D eigenvalue weighted by atomic mass is 9.64. The number of nitrogens with zero attached hydrogens (tertiary/aromatic N) is 3. The van der Waals surface area contributed by atoms with Crippen LogP contribution in [0.4, 0.5) is 0 Å². The molecule has 2 saturated heterocycles. The molecule has 0 aliphatic carbocycles. The zero-order valence-electron chi connectivity index (χ0n) is 15.3. The van der Waals surface area contributed by atoms with E-state index in [1.165, 1.54) is 0 Å². The van der Waals surface area contributed by atoms with Crippen molar-refractivity contribution in [2.45, 2.75) is 71.6 Å². The Morgan fingerprint density at radius 3 is 1.71 bits per heavy atom. The average Bonchev–Trinajstić information content (AvgIpc) is 2.56. The average molecular weight is 295 g/mol. The van der Waals surface area contributed by atoms with Crippen molar-refractivity contribution < 1.29 is 4.79 Å². The lowest BCUT2D eigenvalue weighted by molar-refractivity contribution is -0.156. The van der Waals surface area contributed by atoms with Crippen molar-refractivity contribution in [1.29, 1.82) is 0 Å². The third-order valence-corrected chi connectivity index (χ3v) is 6.23. The van der Waals surface area contributed by atoms with E-state index in [-0.39, 0.29) is 11.1 Å². The summed E-state index contributed by atoms with van der Waals surface area (Å²) in [6.45, 7) is 16.7. The highest BCUT2D eigenvalue weighted by molar-refractivity contribution is 5.89. The summed E-state index contributed by atoms with van der Waals surface area (Å²) in [5, 5.41) is 0. The van der Waals surface area contributed by atoms with Crippen molar-refractivity contribution in [2.75, 3.05) is 20.8 Å². The van der Waals surface area contributed by atoms with Crippen LogP contribution in [0.3, 0.4) is 0 Å². The van der Waals surface area contributed by atoms with Gasteiger partial charge in [-0.3, -0.25) is 14.6 Å². The zero-order valence-corrected chi connectivity index (χ0v) is 15.3. The first-order valence-electron chi connectivity index (χ1n) is 8.22. The van der Waals surface area contributed by atoms with Crippen LogP contribution in [0, 0.1) is 11.8 Å². The van der Waals surface area contributed by atoms with Crippen LogP contribution in [0.5, 0.6) is 0 Å². The molecule has 4 heteroatoms. The van der Waals surface area contributed by atoms with Crippen LogP contribution in [-0.4, -0.2) is 64.5 Å². The fourth-order valence-corrected chi connectivity index (χ4v) is 5.28. The minimum Gasteiger partial charge on any atom is -0.331 e. The maximum atomic E-state index is 13.0. The monoisotopic (exact) mass is 295 g/mol. The molecule has 21 heavy (non-hydrogen) atoms. The van der Waals surface area contributed by atoms with Crippen LogP contribution < -0.4 is 0 Å². The van der Waals surface area contributed by atoms with Gasteiger partial charge < -0.3 is 4.90 Å². The Morgan fingerprint density at radius 1 is 1.00 bits per heavy atom. The molecule has 0 saturated carbocycles. The van der Waals surface area contributed by atoms with Crippen LogP contribution in [-0.2, 0) is 4.79 Å². The van der Waals surface area contributed by atoms with Gasteiger partial charge >= 0.3 is 0 Å². The molecular weight excluding hydrogens is 262 g/mol. The Balaban J connectivity index is 2.51. The molecule has 1 amide bonds. The SMILES string of the molecule is CC1C(C)C2(C(=O)N(C)CN2C)C(C)C(C)N1C(C)(C)C. The lowest BCUT2D eigenvalue weighted by Gasteiger charge is -2.60. The maximum Gasteiger partial charge on any atom is 0.244 e. The second-order valence-corrected chi connectivity index (χ2v) is 8.30. The molecule has 2 aliphatic heterocycles. The minimum absolute atomic E-state index is 0.120. The fraction of sp³-hybridized carbons (Fsp3) is 0.941. The van der Waals surface area contributed by atoms with Crippen LogP contribution in [0.25, 0.3) is 0 Å². The van der Waals surface area contributed by atoms with E-state index >= 15 is 0 Å². The fourth-order valence-electron chi connectivity index (χ4n) is 5.28. The van der Waals surface area contributed by atoms with Crippen LogP contribution in [0.15, 0.2) is 0 Å². The van der Waals surface area contributed by atoms with Gasteiger partial charge in [0.05, 0.1) is 6.67 Å². The summed E-state index contributed by atoms with van der Waals surface area (Å²) in [5.41, 5.74) is -0.232. The smallest absolute Gasteiger partial charge is 0.244 e. The van der Waals surface area contributed by atoms with Gasteiger partial charge in [-0.15, -0.1) is 0 Å². The van der Waals surface area contributed by atoms with E-state index in [0.29, 0.717) is 29.8 Å². The normalized spacial score (nSPS) is 43.1. The van der Waals surface area contributed by atoms with Gasteiger partial charge in [-0.25, -0.2) is 0 Å². The van der Waals surface area contributed by atoms with E-state index in [2.05, 4.69) is 65.3 Å². The van der Waals surface area contributed by atoms with Gasteiger partial charge in [0.15, 0.2) is 0 Å². The largest absolute Gasteiger partial charge is 0.331 e. The summed E-state index contributed by atoms with van der Waals surface area (Å²) in [4.78, 5) is 19.8. The van der Waals surface area contributed by atoms with Gasteiger partial charge in [-0.2, -0.15) is 0 Å². The number of likely N-dealkylation sites (N-methyl/N-ethyl adjacent to an activating group) is 2. The predicted octanol–water partition coefficient (Wildman–Crippen LogP) is 2.25. The number of carbonyl (C=O) groups excluding carboxylic acids is 1. The number of carbonyl (C=O) groups is 1. The number of hydrogen-bond donors (Lipinski definition) is 0. The molecule has 0 aromatic heterocycles. The summed E-state index contributed by atoms with van der Waals surface area (Å²) in [7, 11) is 4.04. The number of amides is 1. The van der Waals surface area contributed by atoms with Crippen molar-refractivity contribution in [3.8, 4) is 0 Å². The highest BCUT2D eigenvalue weighted by Gasteiger charge is 2.63. The number of rotatable bonds is 0. The van der Waals surface area contributed by atoms with E-state index < -0.39 is 0 Å². The van der Waals surface area contributed by atoms with Gasteiger partial charge in [0.1, 0.15) is 5.54 Å². The summed E-state index contributed by atoms with van der Waals surface area (Å²) in [6.07, 6.45) is 0. The number of hydrogen-bond acceptors (Lipinski definition) is 3. The molecule has 0 radical (unpaired) electrons. The highest BCUT2D eigenvalue weighted by Crippen LogP contribution is 2.48. The van der Waals surface area contributed by atoms with E-state index in [1.54, 1.807) is 0 Å². The summed E-state index contributed by atoms with van der Waals surface area (Å²) in [6, 6.07) is 0.767. The van der Waals surface area contributed by atoms with Crippen molar-refractivity contribution in [2.24, 2.45) is 11.8 Å². The number of likely N-dealkylation sites (tertiary alicyclic amines) is 1. The third-order valence-electron chi connectivity index (χ3n) is 6.23. The molecule has 2 fully saturated rings. The van der Waals surface area contributed by atoms with Crippen molar-refractivity contribution >= 4 is 5.91 Å². The summed E-state index contributed by atoms with van der Waals surface area (Å²) >= 11 is 0. The highest BCUT2D eigenvalue weighted by atomic mass is 16.2. The molecule has 4 nitrogen and oxygen atoms in total. The molecule has 122 valence electrons. The molecule has 2 heterocycles. The Morgan fingerprint density at radius 2 is 1.43 bits per heavy atom. The molecule has 0 aromatic rings. The number of piperidine rings is 1. The molecule has 0 bridgehead atoms. The molecule has 2 rings (SSSR count). The first-order valence-corrected chi connectivity index (χ1v) is 8.22. The molecule has 4 unspecified atom stereocenters. The Hall–Kier alpha value is -0.610. The zero-order chi connectivity index (χ0) is 16.3. The first kappa shape index (κ1) is 16.8. The summed E-state index contributed by atoms with van der Waals surface area (Å²) in [5.74, 6) is 0.924. The van der Waals surface area contributed by atoms with Crippen LogP contribution >= 0.6 is 0 Å². The molecule has 0 N–H and O–H groups in total. The van der Waals surface area contributed by atoms with Crippen LogP contribution in [0.2, 0.25) is 0 Å². The molecule has 2 aliphatic rings. The van der Waals surface area contributed by atoms with E-state index in [4.69, 9.17) is 0 Å². The standard InChI is InChI=1S/C17H33N3O/c1-11-13(3)20(16(5,6)7)14(4)12(2)17(11)15(21)18(8)10-19(17)9/h11-14H,10H2,1-9H3. The van der Waals surface area contributed by atoms with Crippen molar-refractivity contribution in [3.63, 3.8) is 0 Å².